The second kappa shape index (κ2) is 9.49. The quantitative estimate of drug-likeness (QED) is 0.645. The minimum absolute atomic E-state index is 0.0518. The topological polar surface area (TPSA) is 113 Å². The Labute approximate surface area is 176 Å². The van der Waals surface area contributed by atoms with Crippen LogP contribution in [-0.4, -0.2) is 33.3 Å². The summed E-state index contributed by atoms with van der Waals surface area (Å²) >= 11 is 0. The van der Waals surface area contributed by atoms with Gasteiger partial charge in [0.25, 0.3) is 5.91 Å². The average Bonchev–Trinajstić information content (AvgIpc) is 2.70. The smallest absolute Gasteiger partial charge is 0.264 e. The molecule has 0 atom stereocenters. The summed E-state index contributed by atoms with van der Waals surface area (Å²) in [6.07, 6.45) is 4.25. The third-order valence-corrected chi connectivity index (χ3v) is 5.30. The number of carbonyl (C=O) groups excluding carboxylic acids is 2. The van der Waals surface area contributed by atoms with Crippen molar-refractivity contribution < 1.29 is 9.59 Å². The highest BCUT2D eigenvalue weighted by Gasteiger charge is 2.26. The highest BCUT2D eigenvalue weighted by molar-refractivity contribution is 5.99. The number of hydrogen-bond donors (Lipinski definition) is 3. The van der Waals surface area contributed by atoms with Crippen molar-refractivity contribution >= 4 is 17.6 Å². The first-order chi connectivity index (χ1) is 14.3. The number of amides is 2. The number of aromatic nitrogens is 2. The molecule has 0 spiro atoms. The van der Waals surface area contributed by atoms with Gasteiger partial charge in [-0.1, -0.05) is 11.6 Å². The number of nitrogen functional groups attached to an aromatic ring is 1. The molecule has 0 radical (unpaired) electrons. The Morgan fingerprint density at radius 2 is 2.07 bits per heavy atom. The van der Waals surface area contributed by atoms with E-state index in [0.717, 1.165) is 34.4 Å². The van der Waals surface area contributed by atoms with E-state index in [1.165, 1.54) is 0 Å². The van der Waals surface area contributed by atoms with Crippen LogP contribution in [0.15, 0.2) is 41.7 Å². The van der Waals surface area contributed by atoms with Crippen molar-refractivity contribution in [2.75, 3.05) is 12.3 Å². The summed E-state index contributed by atoms with van der Waals surface area (Å²) in [6, 6.07) is 5.59. The van der Waals surface area contributed by atoms with E-state index in [-0.39, 0.29) is 18.2 Å². The lowest BCUT2D eigenvalue weighted by Crippen LogP contribution is -2.46. The number of anilines is 1. The number of rotatable bonds is 7. The minimum Gasteiger partial charge on any atom is -0.384 e. The molecule has 158 valence electrons. The Morgan fingerprint density at radius 1 is 1.27 bits per heavy atom. The van der Waals surface area contributed by atoms with E-state index in [4.69, 9.17) is 5.73 Å². The van der Waals surface area contributed by atoms with Crippen LogP contribution >= 0.6 is 0 Å². The van der Waals surface area contributed by atoms with Crippen LogP contribution in [0.5, 0.6) is 0 Å². The highest BCUT2D eigenvalue weighted by atomic mass is 16.2. The summed E-state index contributed by atoms with van der Waals surface area (Å²) in [7, 11) is 0. The molecule has 3 heterocycles. The number of aryl methyl sites for hydroxylation is 2. The zero-order valence-corrected chi connectivity index (χ0v) is 17.7. The zero-order valence-electron chi connectivity index (χ0n) is 17.7. The van der Waals surface area contributed by atoms with Gasteiger partial charge in [0.2, 0.25) is 5.91 Å². The van der Waals surface area contributed by atoms with Gasteiger partial charge in [-0.25, -0.2) is 10.4 Å². The van der Waals surface area contributed by atoms with Crippen LogP contribution in [0.3, 0.4) is 0 Å². The Kier molecular flexibility index (Phi) is 6.79. The van der Waals surface area contributed by atoms with E-state index >= 15 is 0 Å². The van der Waals surface area contributed by atoms with Crippen LogP contribution in [0.25, 0.3) is 0 Å². The van der Waals surface area contributed by atoms with Crippen LogP contribution in [-0.2, 0) is 22.7 Å². The summed E-state index contributed by atoms with van der Waals surface area (Å²) in [5.41, 5.74) is 14.1. The maximum absolute atomic E-state index is 12.9. The first-order valence-electron chi connectivity index (χ1n) is 9.97. The molecule has 30 heavy (non-hydrogen) atoms. The fourth-order valence-electron chi connectivity index (χ4n) is 3.51. The van der Waals surface area contributed by atoms with Crippen molar-refractivity contribution in [1.82, 2.24) is 25.7 Å². The van der Waals surface area contributed by atoms with Gasteiger partial charge in [-0.3, -0.25) is 19.6 Å². The van der Waals surface area contributed by atoms with Crippen molar-refractivity contribution in [2.45, 2.75) is 46.7 Å². The van der Waals surface area contributed by atoms with E-state index in [9.17, 15) is 9.59 Å². The van der Waals surface area contributed by atoms with E-state index in [1.54, 1.807) is 23.5 Å². The fourth-order valence-corrected chi connectivity index (χ4v) is 3.51. The Hall–Kier alpha value is -3.26. The van der Waals surface area contributed by atoms with Crippen molar-refractivity contribution in [3.05, 3.63) is 64.1 Å². The van der Waals surface area contributed by atoms with E-state index in [2.05, 4.69) is 20.7 Å². The molecule has 0 saturated heterocycles. The maximum atomic E-state index is 12.9. The molecule has 0 aliphatic carbocycles. The summed E-state index contributed by atoms with van der Waals surface area (Å²) in [5, 5.41) is 4.49. The molecule has 0 bridgehead atoms. The van der Waals surface area contributed by atoms with Gasteiger partial charge in [0.1, 0.15) is 5.82 Å². The van der Waals surface area contributed by atoms with Gasteiger partial charge in [-0.05, 0) is 56.0 Å². The van der Waals surface area contributed by atoms with Gasteiger partial charge in [-0.15, -0.1) is 0 Å². The van der Waals surface area contributed by atoms with Gasteiger partial charge in [0, 0.05) is 43.3 Å². The number of carbonyl (C=O) groups is 2. The number of hydrazine groups is 1. The van der Waals surface area contributed by atoms with Crippen LogP contribution in [0.4, 0.5) is 5.82 Å². The lowest BCUT2D eigenvalue weighted by atomic mass is 9.98. The molecule has 2 aromatic rings. The molecule has 0 saturated carbocycles. The lowest BCUT2D eigenvalue weighted by Gasteiger charge is -2.30. The Morgan fingerprint density at radius 3 is 2.77 bits per heavy atom. The molecule has 4 N–H and O–H groups in total. The molecule has 8 heteroatoms. The fraction of sp³-hybridized carbons (Fsp3) is 0.364. The zero-order chi connectivity index (χ0) is 21.7. The molecule has 0 aromatic carbocycles. The third kappa shape index (κ3) is 5.21. The van der Waals surface area contributed by atoms with Crippen molar-refractivity contribution in [1.29, 1.82) is 0 Å². The maximum Gasteiger partial charge on any atom is 0.264 e. The molecular formula is C22H28N6O2. The first kappa shape index (κ1) is 21.4. The number of hydrogen-bond acceptors (Lipinski definition) is 6. The van der Waals surface area contributed by atoms with Crippen molar-refractivity contribution in [2.24, 2.45) is 0 Å². The molecule has 8 nitrogen and oxygen atoms in total. The normalized spacial score (nSPS) is 14.2. The average molecular weight is 409 g/mol. The predicted molar refractivity (Wildman–Crippen MR) is 115 cm³/mol. The van der Waals surface area contributed by atoms with E-state index in [0.29, 0.717) is 31.0 Å². The standard InChI is InChI=1S/C22H28N6O2/c1-14-6-8-28(26-12-17-5-4-7-24-11-17)22(30)18(14)10-21(29)25-13-19-15(2)9-20(23)27-16(19)3/h4-5,7,9,11,26H,6,8,10,12-13H2,1-3H3,(H2,23,27)(H,25,29). The Bertz CT molecular complexity index is 948. The third-order valence-electron chi connectivity index (χ3n) is 5.30. The summed E-state index contributed by atoms with van der Waals surface area (Å²) in [5.74, 6) is 0.120. The lowest BCUT2D eigenvalue weighted by molar-refractivity contribution is -0.132. The predicted octanol–water partition coefficient (Wildman–Crippen LogP) is 1.94. The number of pyridine rings is 2. The summed E-state index contributed by atoms with van der Waals surface area (Å²) < 4.78 is 0. The van der Waals surface area contributed by atoms with Gasteiger partial charge < -0.3 is 11.1 Å². The van der Waals surface area contributed by atoms with Gasteiger partial charge in [-0.2, -0.15) is 0 Å². The molecule has 2 amide bonds. The van der Waals surface area contributed by atoms with Gasteiger partial charge >= 0.3 is 0 Å². The molecule has 1 aliphatic rings. The van der Waals surface area contributed by atoms with Crippen LogP contribution in [0.2, 0.25) is 0 Å². The number of nitrogens with zero attached hydrogens (tertiary/aromatic N) is 3. The monoisotopic (exact) mass is 408 g/mol. The molecule has 2 aromatic heterocycles. The summed E-state index contributed by atoms with van der Waals surface area (Å²) in [6.45, 7) is 7.15. The molecule has 3 rings (SSSR count). The van der Waals surface area contributed by atoms with E-state index < -0.39 is 0 Å². The first-order valence-corrected chi connectivity index (χ1v) is 9.97. The second-order valence-corrected chi connectivity index (χ2v) is 7.54. The second-order valence-electron chi connectivity index (χ2n) is 7.54. The van der Waals surface area contributed by atoms with E-state index in [1.807, 2.05) is 32.9 Å². The molecule has 0 fully saturated rings. The van der Waals surface area contributed by atoms with Crippen LogP contribution < -0.4 is 16.5 Å². The van der Waals surface area contributed by atoms with Crippen LogP contribution in [0.1, 0.15) is 42.1 Å². The minimum atomic E-state index is -0.192. The van der Waals surface area contributed by atoms with Crippen molar-refractivity contribution in [3.8, 4) is 0 Å². The van der Waals surface area contributed by atoms with Gasteiger partial charge in [0.05, 0.1) is 6.42 Å². The summed E-state index contributed by atoms with van der Waals surface area (Å²) in [4.78, 5) is 33.8. The largest absolute Gasteiger partial charge is 0.384 e. The van der Waals surface area contributed by atoms with Crippen LogP contribution in [0, 0.1) is 13.8 Å². The number of nitrogens with two attached hydrogens (primary N) is 1. The molecule has 0 unspecified atom stereocenters. The number of nitrogens with one attached hydrogen (secondary N) is 2. The Balaban J connectivity index is 1.59. The van der Waals surface area contributed by atoms with Gasteiger partial charge in [0.15, 0.2) is 0 Å². The molecular weight excluding hydrogens is 380 g/mol. The van der Waals surface area contributed by atoms with Crippen molar-refractivity contribution in [3.63, 3.8) is 0 Å². The SMILES string of the molecule is CC1=C(CC(=O)NCc2c(C)cc(N)nc2C)C(=O)N(NCc2cccnc2)CC1. The molecule has 1 aliphatic heterocycles. The highest BCUT2D eigenvalue weighted by Crippen LogP contribution is 2.21.